The molecule has 0 spiro atoms. The molecule has 1 saturated heterocycles. The fraction of sp³-hybridized carbons (Fsp3) is 0.692. The average molecular weight is 237 g/mol. The van der Waals surface area contributed by atoms with Crippen LogP contribution < -0.4 is 5.32 Å². The molecule has 1 aromatic heterocycles. The first kappa shape index (κ1) is 12.6. The highest BCUT2D eigenvalue weighted by Gasteiger charge is 2.13. The molecule has 0 aliphatic carbocycles. The summed E-state index contributed by atoms with van der Waals surface area (Å²) in [6, 6.07) is 2.16. The number of hydrogen-bond donors (Lipinski definition) is 1. The largest absolute Gasteiger partial charge is 0.468 e. The normalized spacial score (nSPS) is 19.4. The highest BCUT2D eigenvalue weighted by molar-refractivity contribution is 5.12. The number of rotatable bonds is 4. The van der Waals surface area contributed by atoms with E-state index in [9.17, 15) is 0 Å². The third kappa shape index (κ3) is 3.84. The van der Waals surface area contributed by atoms with Crippen molar-refractivity contribution in [3.63, 3.8) is 0 Å². The van der Waals surface area contributed by atoms with E-state index in [4.69, 9.17) is 4.42 Å². The Hall–Kier alpha value is -0.840. The lowest BCUT2D eigenvalue weighted by atomic mass is 10.3. The van der Waals surface area contributed by atoms with Gasteiger partial charge < -0.3 is 14.6 Å². The van der Waals surface area contributed by atoms with Crippen molar-refractivity contribution >= 4 is 0 Å². The predicted molar refractivity (Wildman–Crippen MR) is 68.9 cm³/mol. The summed E-state index contributed by atoms with van der Waals surface area (Å²) < 4.78 is 5.59. The molecule has 2 rings (SSSR count). The van der Waals surface area contributed by atoms with Gasteiger partial charge in [-0.3, -0.25) is 4.90 Å². The lowest BCUT2D eigenvalue weighted by Crippen LogP contribution is -2.28. The van der Waals surface area contributed by atoms with Crippen molar-refractivity contribution in [2.75, 3.05) is 40.3 Å². The van der Waals surface area contributed by atoms with Crippen molar-refractivity contribution in [1.29, 1.82) is 0 Å². The van der Waals surface area contributed by atoms with E-state index in [1.165, 1.54) is 25.1 Å². The summed E-state index contributed by atoms with van der Waals surface area (Å²) >= 11 is 0. The van der Waals surface area contributed by atoms with Gasteiger partial charge in [-0.05, 0) is 39.7 Å². The lowest BCUT2D eigenvalue weighted by molar-refractivity contribution is 0.249. The van der Waals surface area contributed by atoms with E-state index >= 15 is 0 Å². The summed E-state index contributed by atoms with van der Waals surface area (Å²) in [6.45, 7) is 6.50. The maximum atomic E-state index is 5.59. The van der Waals surface area contributed by atoms with Crippen molar-refractivity contribution in [3.05, 3.63) is 23.7 Å². The summed E-state index contributed by atoms with van der Waals surface area (Å²) in [5, 5.41) is 3.14. The van der Waals surface area contributed by atoms with Crippen LogP contribution >= 0.6 is 0 Å². The van der Waals surface area contributed by atoms with Gasteiger partial charge in [0.25, 0.3) is 0 Å². The van der Waals surface area contributed by atoms with Crippen LogP contribution in [0.5, 0.6) is 0 Å². The molecule has 4 nitrogen and oxygen atoms in total. The molecule has 4 heteroatoms. The summed E-state index contributed by atoms with van der Waals surface area (Å²) in [4.78, 5) is 4.88. The Morgan fingerprint density at radius 2 is 2.18 bits per heavy atom. The molecule has 1 aliphatic rings. The molecule has 17 heavy (non-hydrogen) atoms. The Morgan fingerprint density at radius 3 is 3.00 bits per heavy atom. The molecule has 0 saturated carbocycles. The monoisotopic (exact) mass is 237 g/mol. The minimum absolute atomic E-state index is 0.881. The minimum atomic E-state index is 0.881. The number of nitrogens with zero attached hydrogens (tertiary/aromatic N) is 2. The van der Waals surface area contributed by atoms with E-state index in [0.717, 1.165) is 31.9 Å². The van der Waals surface area contributed by atoms with Crippen LogP contribution in [0.2, 0.25) is 0 Å². The molecular weight excluding hydrogens is 214 g/mol. The van der Waals surface area contributed by atoms with Crippen LogP contribution in [0.3, 0.4) is 0 Å². The molecule has 1 N–H and O–H groups in total. The van der Waals surface area contributed by atoms with Crippen molar-refractivity contribution < 1.29 is 4.42 Å². The summed E-state index contributed by atoms with van der Waals surface area (Å²) in [7, 11) is 4.15. The van der Waals surface area contributed by atoms with Crippen LogP contribution in [-0.4, -0.2) is 50.1 Å². The van der Waals surface area contributed by atoms with E-state index in [1.807, 2.05) is 13.3 Å². The Kier molecular flexibility index (Phi) is 4.59. The van der Waals surface area contributed by atoms with Crippen LogP contribution in [0.15, 0.2) is 16.7 Å². The third-order valence-corrected chi connectivity index (χ3v) is 3.28. The van der Waals surface area contributed by atoms with Crippen molar-refractivity contribution in [2.45, 2.75) is 19.5 Å². The van der Waals surface area contributed by atoms with E-state index in [-0.39, 0.29) is 0 Å². The van der Waals surface area contributed by atoms with E-state index in [1.54, 1.807) is 0 Å². The minimum Gasteiger partial charge on any atom is -0.468 e. The fourth-order valence-corrected chi connectivity index (χ4v) is 2.28. The second-order valence-electron chi connectivity index (χ2n) is 4.88. The first-order valence-electron chi connectivity index (χ1n) is 6.39. The molecule has 0 atom stereocenters. The van der Waals surface area contributed by atoms with Crippen molar-refractivity contribution in [1.82, 2.24) is 15.1 Å². The standard InChI is InChI=1S/C13H23N3O/c1-14-9-12-8-13(17-11-12)10-16-5-3-4-15(2)6-7-16/h8,11,14H,3-7,9-10H2,1-2H3. The highest BCUT2D eigenvalue weighted by Crippen LogP contribution is 2.12. The first-order chi connectivity index (χ1) is 8.28. The molecule has 0 aromatic carbocycles. The second-order valence-corrected chi connectivity index (χ2v) is 4.88. The van der Waals surface area contributed by atoms with Gasteiger partial charge in [-0.2, -0.15) is 0 Å². The zero-order valence-corrected chi connectivity index (χ0v) is 10.9. The summed E-state index contributed by atoms with van der Waals surface area (Å²) in [5.74, 6) is 1.08. The van der Waals surface area contributed by atoms with E-state index in [0.29, 0.717) is 0 Å². The number of furan rings is 1. The van der Waals surface area contributed by atoms with Crippen LogP contribution in [0, 0.1) is 0 Å². The van der Waals surface area contributed by atoms with E-state index < -0.39 is 0 Å². The highest BCUT2D eigenvalue weighted by atomic mass is 16.3. The quantitative estimate of drug-likeness (QED) is 0.851. The molecule has 0 bridgehead atoms. The van der Waals surface area contributed by atoms with Crippen LogP contribution in [-0.2, 0) is 13.1 Å². The molecular formula is C13H23N3O. The van der Waals surface area contributed by atoms with Gasteiger partial charge in [0.05, 0.1) is 12.8 Å². The number of nitrogens with one attached hydrogen (secondary N) is 1. The van der Waals surface area contributed by atoms with Gasteiger partial charge in [-0.25, -0.2) is 0 Å². The van der Waals surface area contributed by atoms with Gasteiger partial charge in [-0.15, -0.1) is 0 Å². The molecule has 0 unspecified atom stereocenters. The Labute approximate surface area is 104 Å². The first-order valence-corrected chi connectivity index (χ1v) is 6.39. The Morgan fingerprint density at radius 1 is 1.29 bits per heavy atom. The van der Waals surface area contributed by atoms with Gasteiger partial charge in [0.15, 0.2) is 0 Å². The summed E-state index contributed by atoms with van der Waals surface area (Å²) in [6.07, 6.45) is 3.11. The maximum absolute atomic E-state index is 5.59. The molecule has 1 aliphatic heterocycles. The van der Waals surface area contributed by atoms with Crippen LogP contribution in [0.4, 0.5) is 0 Å². The molecule has 2 heterocycles. The fourth-order valence-electron chi connectivity index (χ4n) is 2.28. The van der Waals surface area contributed by atoms with E-state index in [2.05, 4.69) is 28.2 Å². The number of hydrogen-bond acceptors (Lipinski definition) is 4. The average Bonchev–Trinajstić information content (AvgIpc) is 2.63. The van der Waals surface area contributed by atoms with Gasteiger partial charge in [0, 0.05) is 25.2 Å². The second kappa shape index (κ2) is 6.19. The Balaban J connectivity index is 1.86. The molecule has 0 radical (unpaired) electrons. The summed E-state index contributed by atoms with van der Waals surface area (Å²) in [5.41, 5.74) is 1.23. The number of likely N-dealkylation sites (N-methyl/N-ethyl adjacent to an activating group) is 1. The van der Waals surface area contributed by atoms with Crippen LogP contribution in [0.25, 0.3) is 0 Å². The van der Waals surface area contributed by atoms with Gasteiger partial charge in [0.1, 0.15) is 5.76 Å². The molecule has 1 aromatic rings. The van der Waals surface area contributed by atoms with Crippen molar-refractivity contribution in [2.24, 2.45) is 0 Å². The smallest absolute Gasteiger partial charge is 0.118 e. The van der Waals surface area contributed by atoms with Gasteiger partial charge >= 0.3 is 0 Å². The zero-order valence-electron chi connectivity index (χ0n) is 10.9. The molecule has 1 fully saturated rings. The van der Waals surface area contributed by atoms with Crippen LogP contribution in [0.1, 0.15) is 17.7 Å². The molecule has 96 valence electrons. The third-order valence-electron chi connectivity index (χ3n) is 3.28. The maximum Gasteiger partial charge on any atom is 0.118 e. The zero-order chi connectivity index (χ0) is 12.1. The predicted octanol–water partition coefficient (Wildman–Crippen LogP) is 1.14. The van der Waals surface area contributed by atoms with Gasteiger partial charge in [0.2, 0.25) is 0 Å². The SMILES string of the molecule is CNCc1coc(CN2CCCN(C)CC2)c1. The van der Waals surface area contributed by atoms with Crippen molar-refractivity contribution in [3.8, 4) is 0 Å². The topological polar surface area (TPSA) is 31.7 Å². The lowest BCUT2D eigenvalue weighted by Gasteiger charge is -2.18. The molecule has 0 amide bonds. The Bertz CT molecular complexity index is 337. The van der Waals surface area contributed by atoms with Gasteiger partial charge in [-0.1, -0.05) is 0 Å².